The van der Waals surface area contributed by atoms with Crippen molar-refractivity contribution in [2.45, 2.75) is 45.0 Å². The lowest BCUT2D eigenvalue weighted by Crippen LogP contribution is -2.57. The van der Waals surface area contributed by atoms with Crippen molar-refractivity contribution in [2.75, 3.05) is 39.0 Å². The average molecular weight is 490 g/mol. The van der Waals surface area contributed by atoms with Gasteiger partial charge in [0.2, 0.25) is 0 Å². The molecule has 1 saturated heterocycles. The summed E-state index contributed by atoms with van der Waals surface area (Å²) in [5.41, 5.74) is -0.529. The predicted molar refractivity (Wildman–Crippen MR) is 110 cm³/mol. The van der Waals surface area contributed by atoms with Gasteiger partial charge >= 0.3 is 6.09 Å². The van der Waals surface area contributed by atoms with Crippen LogP contribution in [0.25, 0.3) is 0 Å². The van der Waals surface area contributed by atoms with Gasteiger partial charge in [0.1, 0.15) is 5.60 Å². The molecule has 148 valence electrons. The molecule has 0 aromatic carbocycles. The Morgan fingerprint density at radius 2 is 1.80 bits per heavy atom. The maximum absolute atomic E-state index is 12.1. The minimum absolute atomic E-state index is 0. The number of halogens is 1. The Bertz CT molecular complexity index is 585. The lowest BCUT2D eigenvalue weighted by molar-refractivity contribution is 0.0528. The van der Waals surface area contributed by atoms with E-state index in [0.29, 0.717) is 32.1 Å². The number of aliphatic imine (C=N–C) groups is 1. The highest BCUT2D eigenvalue weighted by molar-refractivity contribution is 14.0. The fourth-order valence-corrected chi connectivity index (χ4v) is 3.68. The monoisotopic (exact) mass is 490 g/mol. The number of hydrogen-bond acceptors (Lipinski definition) is 5. The van der Waals surface area contributed by atoms with Crippen molar-refractivity contribution in [3.05, 3.63) is 0 Å². The molecule has 0 aromatic rings. The Hall–Kier alpha value is -0.780. The van der Waals surface area contributed by atoms with Crippen LogP contribution in [-0.4, -0.2) is 74.7 Å². The van der Waals surface area contributed by atoms with Gasteiger partial charge in [-0.3, -0.25) is 4.99 Å². The molecular weight excluding hydrogens is 459 g/mol. The molecule has 1 amide bonds. The van der Waals surface area contributed by atoms with Crippen molar-refractivity contribution in [2.24, 2.45) is 4.99 Å². The van der Waals surface area contributed by atoms with Gasteiger partial charge in [0.25, 0.3) is 0 Å². The first-order valence-corrected chi connectivity index (χ1v) is 9.68. The average Bonchev–Trinajstić information content (AvgIpc) is 2.40. The van der Waals surface area contributed by atoms with Crippen LogP contribution in [0.15, 0.2) is 4.99 Å². The number of nitrogens with zero attached hydrogens (tertiary/aromatic N) is 2. The van der Waals surface area contributed by atoms with E-state index in [1.807, 2.05) is 4.90 Å². The molecular formula is C15H31IN4O4S. The summed E-state index contributed by atoms with van der Waals surface area (Å²) in [4.78, 5) is 17.7. The summed E-state index contributed by atoms with van der Waals surface area (Å²) in [5.74, 6) is 0.737. The van der Waals surface area contributed by atoms with E-state index >= 15 is 0 Å². The molecule has 0 saturated carbocycles. The van der Waals surface area contributed by atoms with Gasteiger partial charge in [-0.05, 0) is 34.6 Å². The molecule has 0 radical (unpaired) electrons. The van der Waals surface area contributed by atoms with E-state index in [1.54, 1.807) is 41.7 Å². The molecule has 1 aliphatic rings. The molecule has 25 heavy (non-hydrogen) atoms. The molecule has 1 rings (SSSR count). The third-order valence-electron chi connectivity index (χ3n) is 3.63. The first kappa shape index (κ1) is 24.2. The first-order valence-electron chi connectivity index (χ1n) is 8.03. The van der Waals surface area contributed by atoms with Gasteiger partial charge in [0.15, 0.2) is 15.8 Å². The van der Waals surface area contributed by atoms with Crippen molar-refractivity contribution in [3.63, 3.8) is 0 Å². The second-order valence-electron chi connectivity index (χ2n) is 7.40. The highest BCUT2D eigenvalue weighted by Crippen LogP contribution is 2.23. The van der Waals surface area contributed by atoms with Crippen molar-refractivity contribution < 1.29 is 17.9 Å². The lowest BCUT2D eigenvalue weighted by atomic mass is 10.2. The smallest absolute Gasteiger partial charge is 0.407 e. The Labute approximate surface area is 168 Å². The normalized spacial score (nSPS) is 19.6. The lowest BCUT2D eigenvalue weighted by Gasteiger charge is -2.39. The molecule has 8 nitrogen and oxygen atoms in total. The fourth-order valence-electron chi connectivity index (χ4n) is 2.31. The van der Waals surface area contributed by atoms with Crippen LogP contribution in [0.2, 0.25) is 0 Å². The summed E-state index contributed by atoms with van der Waals surface area (Å²) in [5, 5.41) is 5.79. The summed E-state index contributed by atoms with van der Waals surface area (Å²) in [7, 11) is -1.43. The molecule has 1 fully saturated rings. The topological polar surface area (TPSA) is 100 Å². The maximum Gasteiger partial charge on any atom is 0.407 e. The van der Waals surface area contributed by atoms with Crippen molar-refractivity contribution in [3.8, 4) is 0 Å². The SMILES string of the molecule is CN=C(NCCNC(=O)OC(C)(C)C)N1CCS(=O)(=O)C(C)(C)C1.I. The number of ether oxygens (including phenoxy) is 1. The molecule has 2 N–H and O–H groups in total. The molecule has 0 spiro atoms. The second-order valence-corrected chi connectivity index (χ2v) is 10.1. The Balaban J connectivity index is 0.00000576. The summed E-state index contributed by atoms with van der Waals surface area (Å²) < 4.78 is 28.5. The Kier molecular flexibility index (Phi) is 8.95. The molecule has 1 aliphatic heterocycles. The number of rotatable bonds is 3. The number of nitrogens with one attached hydrogen (secondary N) is 2. The van der Waals surface area contributed by atoms with E-state index in [-0.39, 0.29) is 29.7 Å². The van der Waals surface area contributed by atoms with Crippen LogP contribution in [0.1, 0.15) is 34.6 Å². The molecule has 0 aliphatic carbocycles. The minimum atomic E-state index is -3.09. The van der Waals surface area contributed by atoms with E-state index in [0.717, 1.165) is 0 Å². The molecule has 0 unspecified atom stereocenters. The second kappa shape index (κ2) is 9.24. The number of carbonyl (C=O) groups is 1. The van der Waals surface area contributed by atoms with Gasteiger partial charge < -0.3 is 20.3 Å². The molecule has 10 heteroatoms. The van der Waals surface area contributed by atoms with Gasteiger partial charge in [-0.25, -0.2) is 13.2 Å². The molecule has 0 bridgehead atoms. The van der Waals surface area contributed by atoms with Crippen molar-refractivity contribution in [1.82, 2.24) is 15.5 Å². The number of guanidine groups is 1. The van der Waals surface area contributed by atoms with Gasteiger partial charge in [-0.15, -0.1) is 24.0 Å². The number of sulfone groups is 1. The molecule has 0 atom stereocenters. The van der Waals surface area contributed by atoms with Crippen LogP contribution in [-0.2, 0) is 14.6 Å². The van der Waals surface area contributed by atoms with Gasteiger partial charge in [0.05, 0.1) is 10.5 Å². The Morgan fingerprint density at radius 3 is 2.28 bits per heavy atom. The van der Waals surface area contributed by atoms with Gasteiger partial charge in [-0.1, -0.05) is 0 Å². The number of hydrogen-bond donors (Lipinski definition) is 2. The predicted octanol–water partition coefficient (Wildman–Crippen LogP) is 1.21. The van der Waals surface area contributed by atoms with E-state index in [4.69, 9.17) is 4.74 Å². The zero-order chi connectivity index (χ0) is 18.6. The van der Waals surface area contributed by atoms with E-state index < -0.39 is 26.3 Å². The van der Waals surface area contributed by atoms with Crippen LogP contribution in [0.3, 0.4) is 0 Å². The van der Waals surface area contributed by atoms with Crippen LogP contribution in [0, 0.1) is 0 Å². The Morgan fingerprint density at radius 1 is 1.24 bits per heavy atom. The van der Waals surface area contributed by atoms with Crippen LogP contribution in [0.4, 0.5) is 4.79 Å². The maximum atomic E-state index is 12.1. The first-order chi connectivity index (χ1) is 10.9. The van der Waals surface area contributed by atoms with Crippen LogP contribution >= 0.6 is 24.0 Å². The third-order valence-corrected chi connectivity index (χ3v) is 6.16. The van der Waals surface area contributed by atoms with E-state index in [2.05, 4.69) is 15.6 Å². The zero-order valence-corrected chi connectivity index (χ0v) is 19.0. The number of amides is 1. The van der Waals surface area contributed by atoms with Crippen molar-refractivity contribution >= 4 is 45.9 Å². The fraction of sp³-hybridized carbons (Fsp3) is 0.867. The van der Waals surface area contributed by atoms with Crippen LogP contribution in [0.5, 0.6) is 0 Å². The third kappa shape index (κ3) is 7.55. The summed E-state index contributed by atoms with van der Waals surface area (Å²) in [6.07, 6.45) is -0.468. The van der Waals surface area contributed by atoms with Crippen LogP contribution < -0.4 is 10.6 Å². The summed E-state index contributed by atoms with van der Waals surface area (Å²) >= 11 is 0. The number of carbonyl (C=O) groups excluding carboxylic acids is 1. The van der Waals surface area contributed by atoms with E-state index in [1.165, 1.54) is 0 Å². The standard InChI is InChI=1S/C15H30N4O4S.HI/c1-14(2,3)23-13(20)18-8-7-17-12(16-6)19-9-10-24(21,22)15(4,5)11-19;/h7-11H2,1-6H3,(H,16,17)(H,18,20);1H. The highest BCUT2D eigenvalue weighted by atomic mass is 127. The quantitative estimate of drug-likeness (QED) is 0.267. The summed E-state index contributed by atoms with van der Waals surface area (Å²) in [6.45, 7) is 10.5. The number of alkyl carbamates (subject to hydrolysis) is 1. The zero-order valence-electron chi connectivity index (χ0n) is 15.9. The van der Waals surface area contributed by atoms with E-state index in [9.17, 15) is 13.2 Å². The largest absolute Gasteiger partial charge is 0.444 e. The molecule has 1 heterocycles. The van der Waals surface area contributed by atoms with Gasteiger partial charge in [-0.2, -0.15) is 0 Å². The highest BCUT2D eigenvalue weighted by Gasteiger charge is 2.40. The summed E-state index contributed by atoms with van der Waals surface area (Å²) in [6, 6.07) is 0. The minimum Gasteiger partial charge on any atom is -0.444 e. The molecule has 0 aromatic heterocycles. The van der Waals surface area contributed by atoms with Crippen molar-refractivity contribution in [1.29, 1.82) is 0 Å². The van der Waals surface area contributed by atoms with Gasteiger partial charge in [0, 0.05) is 33.2 Å².